The molecule has 86 valence electrons. The van der Waals surface area contributed by atoms with Gasteiger partial charge in [0, 0.05) is 6.20 Å². The van der Waals surface area contributed by atoms with Crippen LogP contribution in [0.3, 0.4) is 0 Å². The van der Waals surface area contributed by atoms with Crippen LogP contribution in [-0.2, 0) is 4.79 Å². The minimum atomic E-state index is -0.943. The van der Waals surface area contributed by atoms with Crippen molar-refractivity contribution in [3.63, 3.8) is 0 Å². The molecule has 0 saturated heterocycles. The van der Waals surface area contributed by atoms with E-state index in [0.717, 1.165) is 5.56 Å². The molecular formula is C11H12Cl2N2O. The molecule has 0 radical (unpaired) electrons. The molecule has 16 heavy (non-hydrogen) atoms. The smallest absolute Gasteiger partial charge is 0.234 e. The van der Waals surface area contributed by atoms with Gasteiger partial charge in [-0.2, -0.15) is 0 Å². The van der Waals surface area contributed by atoms with E-state index in [0.29, 0.717) is 12.2 Å². The molecule has 1 fully saturated rings. The number of nitrogens with zero attached hydrogens (tertiary/aromatic N) is 1. The van der Waals surface area contributed by atoms with Crippen LogP contribution in [0.25, 0.3) is 0 Å². The number of rotatable bonds is 2. The molecule has 1 amide bonds. The van der Waals surface area contributed by atoms with Crippen LogP contribution in [0, 0.1) is 12.3 Å². The molecule has 1 N–H and O–H groups in total. The lowest BCUT2D eigenvalue weighted by molar-refractivity contribution is -0.120. The first-order valence-electron chi connectivity index (χ1n) is 4.97. The van der Waals surface area contributed by atoms with Crippen LogP contribution in [0.4, 0.5) is 5.82 Å². The number of halogens is 2. The highest BCUT2D eigenvalue weighted by molar-refractivity contribution is 6.53. The molecule has 1 aliphatic carbocycles. The molecule has 5 heteroatoms. The first kappa shape index (κ1) is 11.7. The summed E-state index contributed by atoms with van der Waals surface area (Å²) >= 11 is 11.8. The highest BCUT2D eigenvalue weighted by Crippen LogP contribution is 2.64. The fourth-order valence-corrected chi connectivity index (χ4v) is 2.15. The van der Waals surface area contributed by atoms with Crippen LogP contribution in [-0.4, -0.2) is 15.2 Å². The number of hydrogen-bond acceptors (Lipinski definition) is 2. The van der Waals surface area contributed by atoms with Gasteiger partial charge in [0.15, 0.2) is 0 Å². The highest BCUT2D eigenvalue weighted by Gasteiger charge is 2.67. The van der Waals surface area contributed by atoms with Gasteiger partial charge >= 0.3 is 0 Å². The van der Waals surface area contributed by atoms with E-state index < -0.39 is 9.75 Å². The predicted molar refractivity (Wildman–Crippen MR) is 64.8 cm³/mol. The fourth-order valence-electron chi connectivity index (χ4n) is 1.44. The second-order valence-electron chi connectivity index (χ2n) is 4.39. The van der Waals surface area contributed by atoms with E-state index in [-0.39, 0.29) is 5.91 Å². The van der Waals surface area contributed by atoms with Crippen LogP contribution >= 0.6 is 23.2 Å². The summed E-state index contributed by atoms with van der Waals surface area (Å²) in [5.41, 5.74) is 0.336. The average Bonchev–Trinajstić information content (AvgIpc) is 2.71. The molecule has 0 spiro atoms. The summed E-state index contributed by atoms with van der Waals surface area (Å²) in [5, 5.41) is 2.71. The molecule has 3 nitrogen and oxygen atoms in total. The van der Waals surface area contributed by atoms with Crippen LogP contribution in [0.15, 0.2) is 18.3 Å². The van der Waals surface area contributed by atoms with Gasteiger partial charge in [0.2, 0.25) is 5.91 Å². The zero-order valence-electron chi connectivity index (χ0n) is 9.05. The monoisotopic (exact) mass is 258 g/mol. The molecular weight excluding hydrogens is 247 g/mol. The first-order chi connectivity index (χ1) is 7.35. The van der Waals surface area contributed by atoms with E-state index in [1.54, 1.807) is 19.2 Å². The molecule has 0 bridgehead atoms. The van der Waals surface area contributed by atoms with E-state index in [9.17, 15) is 4.79 Å². The summed E-state index contributed by atoms with van der Waals surface area (Å²) < 4.78 is -0.943. The van der Waals surface area contributed by atoms with Gasteiger partial charge in [0.25, 0.3) is 0 Å². The summed E-state index contributed by atoms with van der Waals surface area (Å²) in [6.45, 7) is 3.68. The van der Waals surface area contributed by atoms with Gasteiger partial charge in [-0.25, -0.2) is 4.98 Å². The highest BCUT2D eigenvalue weighted by atomic mass is 35.5. The van der Waals surface area contributed by atoms with Crippen LogP contribution in [0.2, 0.25) is 0 Å². The number of anilines is 1. The minimum Gasteiger partial charge on any atom is -0.310 e. The number of amides is 1. The van der Waals surface area contributed by atoms with Crippen LogP contribution in [0.1, 0.15) is 18.9 Å². The number of aryl methyl sites for hydroxylation is 1. The van der Waals surface area contributed by atoms with Crippen molar-refractivity contribution in [3.8, 4) is 0 Å². The molecule has 0 aromatic carbocycles. The lowest BCUT2D eigenvalue weighted by Crippen LogP contribution is -2.26. The first-order valence-corrected chi connectivity index (χ1v) is 5.73. The van der Waals surface area contributed by atoms with Crippen molar-refractivity contribution >= 4 is 34.9 Å². The maximum absolute atomic E-state index is 11.9. The van der Waals surface area contributed by atoms with E-state index in [1.165, 1.54) is 0 Å². The Morgan fingerprint density at radius 2 is 2.12 bits per heavy atom. The fraction of sp³-hybridized carbons (Fsp3) is 0.455. The Bertz CT molecular complexity index is 430. The van der Waals surface area contributed by atoms with Gasteiger partial charge in [0.05, 0.1) is 5.41 Å². The quantitative estimate of drug-likeness (QED) is 0.830. The summed E-state index contributed by atoms with van der Waals surface area (Å²) in [5.74, 6) is 0.335. The van der Waals surface area contributed by atoms with E-state index >= 15 is 0 Å². The van der Waals surface area contributed by atoms with E-state index in [4.69, 9.17) is 23.2 Å². The summed E-state index contributed by atoms with van der Waals surface area (Å²) in [6, 6.07) is 3.63. The van der Waals surface area contributed by atoms with Gasteiger partial charge in [-0.3, -0.25) is 4.79 Å². The van der Waals surface area contributed by atoms with Gasteiger partial charge in [-0.05, 0) is 31.9 Å². The van der Waals surface area contributed by atoms with Gasteiger partial charge in [-0.15, -0.1) is 23.2 Å². The predicted octanol–water partition coefficient (Wildman–Crippen LogP) is 2.91. The van der Waals surface area contributed by atoms with E-state index in [1.807, 2.05) is 13.0 Å². The molecule has 1 atom stereocenters. The molecule has 1 aromatic heterocycles. The van der Waals surface area contributed by atoms with Crippen molar-refractivity contribution in [3.05, 3.63) is 23.9 Å². The molecule has 1 heterocycles. The largest absolute Gasteiger partial charge is 0.310 e. The van der Waals surface area contributed by atoms with Gasteiger partial charge < -0.3 is 5.32 Å². The van der Waals surface area contributed by atoms with Crippen molar-refractivity contribution in [1.82, 2.24) is 4.98 Å². The van der Waals surface area contributed by atoms with Crippen molar-refractivity contribution in [2.24, 2.45) is 5.41 Å². The van der Waals surface area contributed by atoms with Crippen LogP contribution < -0.4 is 5.32 Å². The number of pyridine rings is 1. The normalized spacial score (nSPS) is 26.2. The second-order valence-corrected chi connectivity index (χ2v) is 5.87. The number of carbonyl (C=O) groups excluding carboxylic acids is 1. The Labute approximate surface area is 104 Å². The number of aromatic nitrogens is 1. The Balaban J connectivity index is 2.07. The average molecular weight is 259 g/mol. The summed E-state index contributed by atoms with van der Waals surface area (Å²) in [7, 11) is 0. The molecule has 1 unspecified atom stereocenters. The standard InChI is InChI=1S/C11H12Cl2N2O/c1-7-3-4-8(14-5-7)15-9(16)10(2)6-11(10,12)13/h3-5H,6H2,1-2H3,(H,14,15,16). The Kier molecular flexibility index (Phi) is 2.63. The number of hydrogen-bond donors (Lipinski definition) is 1. The topological polar surface area (TPSA) is 42.0 Å². The van der Waals surface area contributed by atoms with Crippen molar-refractivity contribution in [2.45, 2.75) is 24.6 Å². The van der Waals surface area contributed by atoms with Crippen molar-refractivity contribution in [1.29, 1.82) is 0 Å². The Morgan fingerprint density at radius 1 is 1.50 bits per heavy atom. The lowest BCUT2D eigenvalue weighted by Gasteiger charge is -2.11. The Hall–Kier alpha value is -0.800. The summed E-state index contributed by atoms with van der Waals surface area (Å²) in [4.78, 5) is 16.0. The molecule has 0 aliphatic heterocycles. The maximum Gasteiger partial charge on any atom is 0.234 e. The van der Waals surface area contributed by atoms with E-state index in [2.05, 4.69) is 10.3 Å². The minimum absolute atomic E-state index is 0.186. The van der Waals surface area contributed by atoms with Crippen molar-refractivity contribution < 1.29 is 4.79 Å². The zero-order valence-corrected chi connectivity index (χ0v) is 10.6. The third kappa shape index (κ3) is 1.89. The van der Waals surface area contributed by atoms with Crippen LogP contribution in [0.5, 0.6) is 0 Å². The van der Waals surface area contributed by atoms with Gasteiger partial charge in [-0.1, -0.05) is 6.07 Å². The lowest BCUT2D eigenvalue weighted by atomic mass is 10.1. The SMILES string of the molecule is Cc1ccc(NC(=O)C2(C)CC2(Cl)Cl)nc1. The number of nitrogens with one attached hydrogen (secondary N) is 1. The molecule has 1 aromatic rings. The zero-order chi connectivity index (χ0) is 12.0. The molecule has 1 aliphatic rings. The third-order valence-corrected chi connectivity index (χ3v) is 4.01. The Morgan fingerprint density at radius 3 is 2.56 bits per heavy atom. The number of alkyl halides is 2. The number of carbonyl (C=O) groups is 1. The third-order valence-electron chi connectivity index (χ3n) is 2.91. The second kappa shape index (κ2) is 3.60. The van der Waals surface area contributed by atoms with Gasteiger partial charge in [0.1, 0.15) is 10.2 Å². The van der Waals surface area contributed by atoms with Crippen molar-refractivity contribution in [2.75, 3.05) is 5.32 Å². The molecule has 2 rings (SSSR count). The summed E-state index contributed by atoms with van der Waals surface area (Å²) in [6.07, 6.45) is 2.17. The maximum atomic E-state index is 11.9. The molecule has 1 saturated carbocycles.